The van der Waals surface area contributed by atoms with Crippen LogP contribution in [0.2, 0.25) is 0 Å². The Bertz CT molecular complexity index is 926. The Labute approximate surface area is 171 Å². The highest BCUT2D eigenvalue weighted by Gasteiger charge is 2.41. The molecule has 0 aliphatic heterocycles. The normalized spacial score (nSPS) is 16.2. The molecule has 1 aromatic heterocycles. The first kappa shape index (κ1) is 21.0. The fourth-order valence-corrected chi connectivity index (χ4v) is 6.20. The minimum atomic E-state index is -3.72. The number of benzene rings is 1. The lowest BCUT2D eigenvalue weighted by Crippen LogP contribution is -2.43. The van der Waals surface area contributed by atoms with Gasteiger partial charge in [0.1, 0.15) is 5.01 Å². The van der Waals surface area contributed by atoms with E-state index in [2.05, 4.69) is 9.71 Å². The van der Waals surface area contributed by atoms with Gasteiger partial charge in [-0.25, -0.2) is 13.4 Å². The minimum absolute atomic E-state index is 0.0903. The van der Waals surface area contributed by atoms with Crippen molar-refractivity contribution in [3.8, 4) is 0 Å². The summed E-state index contributed by atoms with van der Waals surface area (Å²) in [6.45, 7) is 7.00. The molecule has 2 aromatic rings. The van der Waals surface area contributed by atoms with E-state index in [-0.39, 0.29) is 10.8 Å². The van der Waals surface area contributed by atoms with Crippen LogP contribution in [-0.2, 0) is 15.6 Å². The second-order valence-corrected chi connectivity index (χ2v) is 9.73. The number of nitrogens with one attached hydrogen (secondary N) is 1. The molecule has 28 heavy (non-hydrogen) atoms. The summed E-state index contributed by atoms with van der Waals surface area (Å²) in [7, 11) is -3.72. The van der Waals surface area contributed by atoms with Gasteiger partial charge >= 0.3 is 0 Å². The first-order valence-electron chi connectivity index (χ1n) is 9.67. The second kappa shape index (κ2) is 8.31. The Morgan fingerprint density at radius 3 is 2.29 bits per heavy atom. The van der Waals surface area contributed by atoms with Crippen LogP contribution in [0.4, 0.5) is 0 Å². The first-order valence-corrected chi connectivity index (χ1v) is 12.0. The summed E-state index contributed by atoms with van der Waals surface area (Å²) in [6, 6.07) is 6.19. The maximum atomic E-state index is 13.1. The maximum Gasteiger partial charge on any atom is 0.253 e. The van der Waals surface area contributed by atoms with Gasteiger partial charge in [0.15, 0.2) is 0 Å². The molecule has 1 fully saturated rings. The number of thiazole rings is 1. The van der Waals surface area contributed by atoms with Gasteiger partial charge < -0.3 is 4.90 Å². The van der Waals surface area contributed by atoms with Gasteiger partial charge in [-0.15, -0.1) is 11.3 Å². The standard InChI is InChI=1S/C20H27N3O3S2/c1-4-23(5-2)18(24)16-8-10-17(11-9-16)28(25,26)22-20(12-6-7-13-20)19-21-15(3)14-27-19/h8-11,14,22H,4-7,12-13H2,1-3H3. The minimum Gasteiger partial charge on any atom is -0.339 e. The third-order valence-electron chi connectivity index (χ3n) is 5.28. The van der Waals surface area contributed by atoms with E-state index in [1.165, 1.54) is 23.5 Å². The number of hydrogen-bond acceptors (Lipinski definition) is 5. The van der Waals surface area contributed by atoms with Crippen LogP contribution in [0, 0.1) is 6.92 Å². The Balaban J connectivity index is 1.85. The molecule has 1 heterocycles. The Morgan fingerprint density at radius 2 is 1.79 bits per heavy atom. The highest BCUT2D eigenvalue weighted by Crippen LogP contribution is 2.41. The van der Waals surface area contributed by atoms with Crippen LogP contribution in [-0.4, -0.2) is 37.3 Å². The molecule has 1 aliphatic carbocycles. The van der Waals surface area contributed by atoms with Crippen molar-refractivity contribution in [1.29, 1.82) is 0 Å². The van der Waals surface area contributed by atoms with Gasteiger partial charge in [0.25, 0.3) is 5.91 Å². The molecule has 1 N–H and O–H groups in total. The van der Waals surface area contributed by atoms with Crippen molar-refractivity contribution in [2.75, 3.05) is 13.1 Å². The molecule has 1 saturated carbocycles. The Kier molecular flexibility index (Phi) is 6.21. The summed E-state index contributed by atoms with van der Waals surface area (Å²) in [5.74, 6) is -0.0903. The molecular formula is C20H27N3O3S2. The highest BCUT2D eigenvalue weighted by atomic mass is 32.2. The fourth-order valence-electron chi connectivity index (χ4n) is 3.70. The van der Waals surface area contributed by atoms with Crippen LogP contribution < -0.4 is 4.72 Å². The lowest BCUT2D eigenvalue weighted by atomic mass is 10.0. The van der Waals surface area contributed by atoms with Crippen molar-refractivity contribution in [3.05, 3.63) is 45.9 Å². The average molecular weight is 422 g/mol. The van der Waals surface area contributed by atoms with Crippen molar-refractivity contribution in [2.24, 2.45) is 0 Å². The molecular weight excluding hydrogens is 394 g/mol. The lowest BCUT2D eigenvalue weighted by molar-refractivity contribution is 0.0773. The van der Waals surface area contributed by atoms with E-state index in [0.29, 0.717) is 18.7 Å². The van der Waals surface area contributed by atoms with Crippen LogP contribution in [0.25, 0.3) is 0 Å². The molecule has 6 nitrogen and oxygen atoms in total. The zero-order valence-electron chi connectivity index (χ0n) is 16.6. The zero-order chi connectivity index (χ0) is 20.4. The molecule has 0 radical (unpaired) electrons. The molecule has 0 saturated heterocycles. The van der Waals surface area contributed by atoms with E-state index in [0.717, 1.165) is 36.4 Å². The number of sulfonamides is 1. The van der Waals surface area contributed by atoms with Crippen molar-refractivity contribution < 1.29 is 13.2 Å². The molecule has 0 spiro atoms. The van der Waals surface area contributed by atoms with Gasteiger partial charge in [0.05, 0.1) is 10.4 Å². The number of rotatable bonds is 7. The Morgan fingerprint density at radius 1 is 1.18 bits per heavy atom. The van der Waals surface area contributed by atoms with Crippen LogP contribution in [0.3, 0.4) is 0 Å². The Hall–Kier alpha value is -1.77. The predicted molar refractivity (Wildman–Crippen MR) is 111 cm³/mol. The monoisotopic (exact) mass is 421 g/mol. The van der Waals surface area contributed by atoms with Gasteiger partial charge in [0, 0.05) is 29.7 Å². The summed E-state index contributed by atoms with van der Waals surface area (Å²) < 4.78 is 29.1. The summed E-state index contributed by atoms with van der Waals surface area (Å²) in [5, 5.41) is 2.79. The SMILES string of the molecule is CCN(CC)C(=O)c1ccc(S(=O)(=O)NC2(c3nc(C)cs3)CCCC2)cc1. The molecule has 152 valence electrons. The average Bonchev–Trinajstić information content (AvgIpc) is 3.32. The van der Waals surface area contributed by atoms with Gasteiger partial charge in [0.2, 0.25) is 10.0 Å². The molecule has 0 atom stereocenters. The smallest absolute Gasteiger partial charge is 0.253 e. The molecule has 1 amide bonds. The maximum absolute atomic E-state index is 13.1. The number of amides is 1. The van der Waals surface area contributed by atoms with E-state index in [1.807, 2.05) is 26.2 Å². The fraction of sp³-hybridized carbons (Fsp3) is 0.500. The summed E-state index contributed by atoms with van der Waals surface area (Å²) >= 11 is 1.51. The number of aromatic nitrogens is 1. The number of nitrogens with zero attached hydrogens (tertiary/aromatic N) is 2. The molecule has 1 aromatic carbocycles. The molecule has 3 rings (SSSR count). The predicted octanol–water partition coefficient (Wildman–Crippen LogP) is 3.68. The van der Waals surface area contributed by atoms with Crippen molar-refractivity contribution >= 4 is 27.3 Å². The topological polar surface area (TPSA) is 79.4 Å². The number of carbonyl (C=O) groups is 1. The molecule has 8 heteroatoms. The zero-order valence-corrected chi connectivity index (χ0v) is 18.2. The summed E-state index contributed by atoms with van der Waals surface area (Å²) in [6.07, 6.45) is 3.44. The van der Waals surface area contributed by atoms with Crippen LogP contribution >= 0.6 is 11.3 Å². The largest absolute Gasteiger partial charge is 0.339 e. The van der Waals surface area contributed by atoms with Gasteiger partial charge in [-0.1, -0.05) is 12.8 Å². The lowest BCUT2D eigenvalue weighted by Gasteiger charge is -2.28. The summed E-state index contributed by atoms with van der Waals surface area (Å²) in [5.41, 5.74) is 0.770. The third kappa shape index (κ3) is 4.14. The van der Waals surface area contributed by atoms with Crippen LogP contribution in [0.1, 0.15) is 60.6 Å². The van der Waals surface area contributed by atoms with Gasteiger partial charge in [-0.05, 0) is 57.9 Å². The van der Waals surface area contributed by atoms with E-state index < -0.39 is 15.6 Å². The summed E-state index contributed by atoms with van der Waals surface area (Å²) in [4.78, 5) is 18.9. The second-order valence-electron chi connectivity index (χ2n) is 7.19. The van der Waals surface area contributed by atoms with Crippen LogP contribution in [0.15, 0.2) is 34.5 Å². The quantitative estimate of drug-likeness (QED) is 0.740. The van der Waals surface area contributed by atoms with Gasteiger partial charge in [-0.2, -0.15) is 4.72 Å². The van der Waals surface area contributed by atoms with E-state index in [4.69, 9.17) is 0 Å². The molecule has 0 bridgehead atoms. The van der Waals surface area contributed by atoms with E-state index in [1.54, 1.807) is 17.0 Å². The van der Waals surface area contributed by atoms with Crippen LogP contribution in [0.5, 0.6) is 0 Å². The highest BCUT2D eigenvalue weighted by molar-refractivity contribution is 7.89. The van der Waals surface area contributed by atoms with Crippen molar-refractivity contribution in [1.82, 2.24) is 14.6 Å². The third-order valence-corrected chi connectivity index (χ3v) is 7.99. The first-order chi connectivity index (χ1) is 13.3. The van der Waals surface area contributed by atoms with Crippen molar-refractivity contribution in [3.63, 3.8) is 0 Å². The number of aryl methyl sites for hydroxylation is 1. The number of hydrogen-bond donors (Lipinski definition) is 1. The molecule has 1 aliphatic rings. The van der Waals surface area contributed by atoms with E-state index >= 15 is 0 Å². The van der Waals surface area contributed by atoms with Crippen molar-refractivity contribution in [2.45, 2.75) is 56.9 Å². The van der Waals surface area contributed by atoms with E-state index in [9.17, 15) is 13.2 Å². The number of carbonyl (C=O) groups excluding carboxylic acids is 1. The van der Waals surface area contributed by atoms with Gasteiger partial charge in [-0.3, -0.25) is 4.79 Å². The molecule has 0 unspecified atom stereocenters.